The standard InChI is InChI=1S/C17H21FN2O4S/c1-12(2)10-16(17(21)19-11-14-4-3-9-24-14)20-25(22,23)15-7-5-13(18)6-8-15/h3-9,12,16,20H,10-11H2,1-2H3,(H,19,21)/t16-/m1/s1. The Hall–Kier alpha value is -2.19. The van der Waals surface area contributed by atoms with Gasteiger partial charge in [0.2, 0.25) is 15.9 Å². The summed E-state index contributed by atoms with van der Waals surface area (Å²) in [5.74, 6) is -0.321. The maximum Gasteiger partial charge on any atom is 0.241 e. The SMILES string of the molecule is CC(C)C[C@@H](NS(=O)(=O)c1ccc(F)cc1)C(=O)NCc1ccco1. The second kappa shape index (κ2) is 8.26. The van der Waals surface area contributed by atoms with Crippen LogP contribution in [0.2, 0.25) is 0 Å². The van der Waals surface area contributed by atoms with E-state index in [4.69, 9.17) is 4.42 Å². The molecule has 1 amide bonds. The van der Waals surface area contributed by atoms with Gasteiger partial charge >= 0.3 is 0 Å². The Bertz CT molecular complexity index is 787. The number of sulfonamides is 1. The van der Waals surface area contributed by atoms with Crippen LogP contribution in [0.25, 0.3) is 0 Å². The van der Waals surface area contributed by atoms with E-state index in [9.17, 15) is 17.6 Å². The highest BCUT2D eigenvalue weighted by Gasteiger charge is 2.26. The van der Waals surface area contributed by atoms with Gasteiger partial charge in [-0.15, -0.1) is 0 Å². The van der Waals surface area contributed by atoms with Crippen LogP contribution in [0.15, 0.2) is 52.0 Å². The number of amides is 1. The van der Waals surface area contributed by atoms with Gasteiger partial charge in [-0.2, -0.15) is 4.72 Å². The van der Waals surface area contributed by atoms with Crippen molar-refractivity contribution in [1.29, 1.82) is 0 Å². The van der Waals surface area contributed by atoms with E-state index in [1.165, 1.54) is 6.26 Å². The average molecular weight is 368 g/mol. The number of hydrogen-bond donors (Lipinski definition) is 2. The van der Waals surface area contributed by atoms with Crippen LogP contribution in [0.4, 0.5) is 4.39 Å². The van der Waals surface area contributed by atoms with E-state index in [0.29, 0.717) is 12.2 Å². The molecule has 2 rings (SSSR count). The molecular formula is C17H21FN2O4S. The van der Waals surface area contributed by atoms with Crippen LogP contribution >= 0.6 is 0 Å². The van der Waals surface area contributed by atoms with Crippen LogP contribution in [0.3, 0.4) is 0 Å². The average Bonchev–Trinajstić information content (AvgIpc) is 3.05. The molecule has 25 heavy (non-hydrogen) atoms. The lowest BCUT2D eigenvalue weighted by molar-refractivity contribution is -0.123. The highest BCUT2D eigenvalue weighted by molar-refractivity contribution is 7.89. The van der Waals surface area contributed by atoms with E-state index in [0.717, 1.165) is 24.3 Å². The van der Waals surface area contributed by atoms with Gasteiger partial charge in [0.05, 0.1) is 17.7 Å². The Morgan fingerprint density at radius 1 is 1.20 bits per heavy atom. The maximum absolute atomic E-state index is 13.0. The Balaban J connectivity index is 2.10. The van der Waals surface area contributed by atoms with Gasteiger partial charge in [0.25, 0.3) is 0 Å². The van der Waals surface area contributed by atoms with Gasteiger partial charge in [-0.05, 0) is 48.7 Å². The Labute approximate surface area is 146 Å². The Morgan fingerprint density at radius 2 is 1.88 bits per heavy atom. The van der Waals surface area contributed by atoms with Crippen molar-refractivity contribution in [2.45, 2.75) is 37.8 Å². The Kier molecular flexibility index (Phi) is 6.33. The molecule has 0 aliphatic heterocycles. The lowest BCUT2D eigenvalue weighted by atomic mass is 10.0. The predicted octanol–water partition coefficient (Wildman–Crippen LogP) is 2.43. The molecule has 1 atom stereocenters. The first-order chi connectivity index (χ1) is 11.8. The normalized spacial score (nSPS) is 13.0. The molecule has 0 unspecified atom stereocenters. The Morgan fingerprint density at radius 3 is 2.44 bits per heavy atom. The van der Waals surface area contributed by atoms with Gasteiger partial charge in [0.1, 0.15) is 17.6 Å². The van der Waals surface area contributed by atoms with Crippen molar-refractivity contribution in [3.8, 4) is 0 Å². The van der Waals surface area contributed by atoms with Crippen molar-refractivity contribution in [2.75, 3.05) is 0 Å². The third-order valence-electron chi connectivity index (χ3n) is 3.46. The molecule has 0 aliphatic carbocycles. The first kappa shape index (κ1) is 19.1. The van der Waals surface area contributed by atoms with E-state index in [1.54, 1.807) is 12.1 Å². The second-order valence-electron chi connectivity index (χ2n) is 6.05. The quantitative estimate of drug-likeness (QED) is 0.749. The number of carbonyl (C=O) groups is 1. The molecule has 0 fully saturated rings. The number of carbonyl (C=O) groups excluding carboxylic acids is 1. The van der Waals surface area contributed by atoms with E-state index in [-0.39, 0.29) is 17.4 Å². The lowest BCUT2D eigenvalue weighted by Crippen LogP contribution is -2.47. The smallest absolute Gasteiger partial charge is 0.241 e. The summed E-state index contributed by atoms with van der Waals surface area (Å²) in [4.78, 5) is 12.3. The molecule has 8 heteroatoms. The third kappa shape index (κ3) is 5.68. The third-order valence-corrected chi connectivity index (χ3v) is 4.95. The minimum atomic E-state index is -3.94. The molecule has 0 saturated carbocycles. The minimum Gasteiger partial charge on any atom is -0.467 e. The molecule has 2 N–H and O–H groups in total. The number of furan rings is 1. The molecule has 2 aromatic rings. The van der Waals surface area contributed by atoms with E-state index < -0.39 is 27.8 Å². The fourth-order valence-electron chi connectivity index (χ4n) is 2.26. The molecule has 1 aromatic heterocycles. The van der Waals surface area contributed by atoms with Crippen molar-refractivity contribution in [1.82, 2.24) is 10.0 Å². The summed E-state index contributed by atoms with van der Waals surface area (Å²) in [6.45, 7) is 3.94. The zero-order chi connectivity index (χ0) is 18.4. The maximum atomic E-state index is 13.0. The van der Waals surface area contributed by atoms with Gasteiger partial charge in [0, 0.05) is 0 Å². The van der Waals surface area contributed by atoms with Crippen LogP contribution in [0.1, 0.15) is 26.0 Å². The van der Waals surface area contributed by atoms with Crippen LogP contribution in [-0.4, -0.2) is 20.4 Å². The summed E-state index contributed by atoms with van der Waals surface area (Å²) in [7, 11) is -3.94. The van der Waals surface area contributed by atoms with Crippen molar-refractivity contribution in [2.24, 2.45) is 5.92 Å². The van der Waals surface area contributed by atoms with Gasteiger partial charge in [0.15, 0.2) is 0 Å². The van der Waals surface area contributed by atoms with Gasteiger partial charge in [-0.3, -0.25) is 4.79 Å². The zero-order valence-electron chi connectivity index (χ0n) is 14.0. The summed E-state index contributed by atoms with van der Waals surface area (Å²) >= 11 is 0. The first-order valence-electron chi connectivity index (χ1n) is 7.86. The van der Waals surface area contributed by atoms with Crippen molar-refractivity contribution in [3.63, 3.8) is 0 Å². The number of hydrogen-bond acceptors (Lipinski definition) is 4. The molecular weight excluding hydrogens is 347 g/mol. The molecule has 6 nitrogen and oxygen atoms in total. The van der Waals surface area contributed by atoms with Gasteiger partial charge < -0.3 is 9.73 Å². The van der Waals surface area contributed by atoms with Crippen molar-refractivity contribution >= 4 is 15.9 Å². The van der Waals surface area contributed by atoms with Crippen LogP contribution in [-0.2, 0) is 21.4 Å². The van der Waals surface area contributed by atoms with Crippen molar-refractivity contribution < 1.29 is 22.0 Å². The fraction of sp³-hybridized carbons (Fsp3) is 0.353. The number of rotatable bonds is 8. The summed E-state index contributed by atoms with van der Waals surface area (Å²) in [6, 6.07) is 6.90. The lowest BCUT2D eigenvalue weighted by Gasteiger charge is -2.20. The van der Waals surface area contributed by atoms with Crippen LogP contribution < -0.4 is 10.0 Å². The second-order valence-corrected chi connectivity index (χ2v) is 7.77. The molecule has 0 spiro atoms. The molecule has 1 heterocycles. The summed E-state index contributed by atoms with van der Waals surface area (Å²) in [5.41, 5.74) is 0. The van der Waals surface area contributed by atoms with Crippen LogP contribution in [0.5, 0.6) is 0 Å². The summed E-state index contributed by atoms with van der Waals surface area (Å²) in [5, 5.41) is 2.65. The highest BCUT2D eigenvalue weighted by Crippen LogP contribution is 2.13. The number of halogens is 1. The molecule has 0 bridgehead atoms. The molecule has 0 saturated heterocycles. The summed E-state index contributed by atoms with van der Waals surface area (Å²) in [6.07, 6.45) is 1.81. The topological polar surface area (TPSA) is 88.4 Å². The highest BCUT2D eigenvalue weighted by atomic mass is 32.2. The fourth-order valence-corrected chi connectivity index (χ4v) is 3.47. The van der Waals surface area contributed by atoms with E-state index in [2.05, 4.69) is 10.0 Å². The summed E-state index contributed by atoms with van der Waals surface area (Å²) < 4.78 is 45.4. The minimum absolute atomic E-state index is 0.0929. The van der Waals surface area contributed by atoms with Crippen LogP contribution in [0, 0.1) is 11.7 Å². The van der Waals surface area contributed by atoms with E-state index in [1.807, 2.05) is 13.8 Å². The largest absolute Gasteiger partial charge is 0.467 e. The molecule has 136 valence electrons. The monoisotopic (exact) mass is 368 g/mol. The van der Waals surface area contributed by atoms with Gasteiger partial charge in [-0.1, -0.05) is 13.8 Å². The molecule has 1 aromatic carbocycles. The number of nitrogens with one attached hydrogen (secondary N) is 2. The zero-order valence-corrected chi connectivity index (χ0v) is 14.8. The molecule has 0 radical (unpaired) electrons. The van der Waals surface area contributed by atoms with E-state index >= 15 is 0 Å². The number of benzene rings is 1. The predicted molar refractivity (Wildman–Crippen MR) is 90.5 cm³/mol. The molecule has 0 aliphatic rings. The van der Waals surface area contributed by atoms with Gasteiger partial charge in [-0.25, -0.2) is 12.8 Å². The van der Waals surface area contributed by atoms with Crippen molar-refractivity contribution in [3.05, 3.63) is 54.2 Å². The first-order valence-corrected chi connectivity index (χ1v) is 9.34.